The predicted octanol–water partition coefficient (Wildman–Crippen LogP) is 0.783. The van der Waals surface area contributed by atoms with E-state index in [0.717, 1.165) is 6.07 Å². The Labute approximate surface area is 87.4 Å². The Hall–Kier alpha value is -2.71. The maximum absolute atomic E-state index is 10.6. The van der Waals surface area contributed by atoms with Gasteiger partial charge >= 0.3 is 17.3 Å². The monoisotopic (exact) mass is 227 g/mol. The maximum atomic E-state index is 10.6. The van der Waals surface area contributed by atoms with Gasteiger partial charge in [0.15, 0.2) is 0 Å². The average molecular weight is 227 g/mol. The molecule has 9 nitrogen and oxygen atoms in total. The van der Waals surface area contributed by atoms with Crippen LogP contribution in [0.5, 0.6) is 0 Å². The lowest BCUT2D eigenvalue weighted by Crippen LogP contribution is -2.05. The molecule has 1 aromatic rings. The number of hydrogen-bond acceptors (Lipinski definition) is 6. The third-order valence-electron chi connectivity index (χ3n) is 1.75. The van der Waals surface area contributed by atoms with E-state index < -0.39 is 38.4 Å². The van der Waals surface area contributed by atoms with Crippen LogP contribution in [0.3, 0.4) is 0 Å². The fraction of sp³-hybridized carbons (Fsp3) is 0. The molecule has 9 heteroatoms. The molecule has 0 bridgehead atoms. The molecular weight excluding hydrogens is 222 g/mol. The summed E-state index contributed by atoms with van der Waals surface area (Å²) in [7, 11) is 0. The Kier molecular flexibility index (Phi) is 2.70. The molecule has 0 radical (unpaired) electrons. The van der Waals surface area contributed by atoms with Gasteiger partial charge in [0.1, 0.15) is 5.69 Å². The highest BCUT2D eigenvalue weighted by atomic mass is 16.6. The van der Waals surface area contributed by atoms with Gasteiger partial charge in [0.2, 0.25) is 0 Å². The van der Waals surface area contributed by atoms with Gasteiger partial charge < -0.3 is 10.8 Å². The molecule has 0 spiro atoms. The molecule has 0 aliphatic rings. The standard InChI is InChI=1S/C7H5N3O6/c8-4-1-3(7(11)12)2-5(9(13)14)6(4)10(15)16/h1-2H,8H2,(H,11,12). The Morgan fingerprint density at radius 1 is 1.25 bits per heavy atom. The lowest BCUT2D eigenvalue weighted by atomic mass is 10.1. The normalized spacial score (nSPS) is 9.75. The lowest BCUT2D eigenvalue weighted by molar-refractivity contribution is -0.421. The van der Waals surface area contributed by atoms with Crippen molar-refractivity contribution in [2.45, 2.75) is 0 Å². The summed E-state index contributed by atoms with van der Waals surface area (Å²) >= 11 is 0. The summed E-state index contributed by atoms with van der Waals surface area (Å²) in [6.07, 6.45) is 0. The van der Waals surface area contributed by atoms with Crippen molar-refractivity contribution in [1.82, 2.24) is 0 Å². The number of nitro benzene ring substituents is 2. The van der Waals surface area contributed by atoms with Crippen LogP contribution >= 0.6 is 0 Å². The maximum Gasteiger partial charge on any atom is 0.368 e. The van der Waals surface area contributed by atoms with Crippen LogP contribution < -0.4 is 5.73 Å². The summed E-state index contributed by atoms with van der Waals surface area (Å²) in [5.41, 5.74) is 2.30. The van der Waals surface area contributed by atoms with Crippen molar-refractivity contribution in [3.05, 3.63) is 37.9 Å². The Balaban J connectivity index is 3.58. The summed E-state index contributed by atoms with van der Waals surface area (Å²) < 4.78 is 0. The van der Waals surface area contributed by atoms with Crippen LogP contribution in [-0.4, -0.2) is 20.9 Å². The van der Waals surface area contributed by atoms with Crippen molar-refractivity contribution >= 4 is 23.0 Å². The molecular formula is C7H5N3O6. The Morgan fingerprint density at radius 3 is 2.19 bits per heavy atom. The van der Waals surface area contributed by atoms with Crippen LogP contribution in [0.25, 0.3) is 0 Å². The van der Waals surface area contributed by atoms with E-state index in [-0.39, 0.29) is 0 Å². The zero-order chi connectivity index (χ0) is 12.5. The number of nitro groups is 2. The molecule has 0 aliphatic heterocycles. The topological polar surface area (TPSA) is 150 Å². The summed E-state index contributed by atoms with van der Waals surface area (Å²) in [6, 6.07) is 1.39. The van der Waals surface area contributed by atoms with Gasteiger partial charge in [-0.15, -0.1) is 0 Å². The molecule has 0 aromatic heterocycles. The highest BCUT2D eigenvalue weighted by Gasteiger charge is 2.29. The third kappa shape index (κ3) is 1.87. The van der Waals surface area contributed by atoms with Crippen molar-refractivity contribution in [3.63, 3.8) is 0 Å². The number of carboxylic acids is 1. The van der Waals surface area contributed by atoms with E-state index in [2.05, 4.69) is 0 Å². The van der Waals surface area contributed by atoms with Crippen molar-refractivity contribution < 1.29 is 19.7 Å². The zero-order valence-electron chi connectivity index (χ0n) is 7.61. The molecule has 0 heterocycles. The Bertz CT molecular complexity index is 497. The molecule has 3 N–H and O–H groups in total. The highest BCUT2D eigenvalue weighted by Crippen LogP contribution is 2.33. The van der Waals surface area contributed by atoms with Crippen LogP contribution in [0, 0.1) is 20.2 Å². The quantitative estimate of drug-likeness (QED) is 0.439. The average Bonchev–Trinajstić information content (AvgIpc) is 2.15. The van der Waals surface area contributed by atoms with E-state index in [1.54, 1.807) is 0 Å². The molecule has 0 saturated carbocycles. The second-order valence-electron chi connectivity index (χ2n) is 2.75. The van der Waals surface area contributed by atoms with Gasteiger partial charge in [0.05, 0.1) is 15.4 Å². The van der Waals surface area contributed by atoms with Gasteiger partial charge in [-0.25, -0.2) is 4.79 Å². The van der Waals surface area contributed by atoms with Gasteiger partial charge in [-0.2, -0.15) is 0 Å². The molecule has 1 aromatic carbocycles. The summed E-state index contributed by atoms with van der Waals surface area (Å²) in [5.74, 6) is -1.45. The first-order chi connectivity index (χ1) is 7.34. The SMILES string of the molecule is Nc1cc(C(=O)O)cc([N+](=O)[O-])c1[N+](=O)[O-]. The molecule has 0 atom stereocenters. The second kappa shape index (κ2) is 3.81. The van der Waals surface area contributed by atoms with Gasteiger partial charge in [-0.3, -0.25) is 20.2 Å². The van der Waals surface area contributed by atoms with E-state index in [0.29, 0.717) is 6.07 Å². The van der Waals surface area contributed by atoms with E-state index in [4.69, 9.17) is 10.8 Å². The predicted molar refractivity (Wildman–Crippen MR) is 51.1 cm³/mol. The highest BCUT2D eigenvalue weighted by molar-refractivity contribution is 5.92. The number of carbonyl (C=O) groups is 1. The molecule has 1 rings (SSSR count). The molecule has 0 saturated heterocycles. The summed E-state index contributed by atoms with van der Waals surface area (Å²) in [5, 5.41) is 29.6. The number of nitrogens with two attached hydrogens (primary N) is 1. The summed E-state index contributed by atoms with van der Waals surface area (Å²) in [4.78, 5) is 29.5. The van der Waals surface area contributed by atoms with Gasteiger partial charge in [-0.1, -0.05) is 0 Å². The van der Waals surface area contributed by atoms with E-state index in [1.807, 2.05) is 0 Å². The Morgan fingerprint density at radius 2 is 1.81 bits per heavy atom. The molecule has 0 amide bonds. The van der Waals surface area contributed by atoms with E-state index in [1.165, 1.54) is 0 Å². The molecule has 16 heavy (non-hydrogen) atoms. The molecule has 0 fully saturated rings. The van der Waals surface area contributed by atoms with Crippen LogP contribution in [0.1, 0.15) is 10.4 Å². The van der Waals surface area contributed by atoms with Crippen molar-refractivity contribution in [3.8, 4) is 0 Å². The van der Waals surface area contributed by atoms with E-state index in [9.17, 15) is 25.0 Å². The van der Waals surface area contributed by atoms with Crippen LogP contribution in [0.2, 0.25) is 0 Å². The van der Waals surface area contributed by atoms with Gasteiger partial charge in [0.25, 0.3) is 0 Å². The minimum absolute atomic E-state index is 0.477. The minimum Gasteiger partial charge on any atom is -0.478 e. The number of carboxylic acid groups (broad SMARTS) is 1. The fourth-order valence-electron chi connectivity index (χ4n) is 1.10. The fourth-order valence-corrected chi connectivity index (χ4v) is 1.10. The number of nitrogen functional groups attached to an aromatic ring is 1. The van der Waals surface area contributed by atoms with Crippen LogP contribution in [0.15, 0.2) is 12.1 Å². The first-order valence-electron chi connectivity index (χ1n) is 3.80. The van der Waals surface area contributed by atoms with Crippen LogP contribution in [0.4, 0.5) is 17.1 Å². The van der Waals surface area contributed by atoms with Gasteiger partial charge in [0, 0.05) is 6.07 Å². The number of rotatable bonds is 3. The first-order valence-corrected chi connectivity index (χ1v) is 3.80. The van der Waals surface area contributed by atoms with Crippen molar-refractivity contribution in [1.29, 1.82) is 0 Å². The molecule has 84 valence electrons. The first kappa shape index (κ1) is 11.4. The number of nitrogens with zero attached hydrogens (tertiary/aromatic N) is 2. The molecule has 0 unspecified atom stereocenters. The number of anilines is 1. The lowest BCUT2D eigenvalue weighted by Gasteiger charge is -2.00. The van der Waals surface area contributed by atoms with E-state index >= 15 is 0 Å². The number of benzene rings is 1. The number of hydrogen-bond donors (Lipinski definition) is 2. The number of aromatic carboxylic acids is 1. The van der Waals surface area contributed by atoms with Crippen LogP contribution in [-0.2, 0) is 0 Å². The molecule has 0 aliphatic carbocycles. The smallest absolute Gasteiger partial charge is 0.368 e. The minimum atomic E-state index is -1.45. The van der Waals surface area contributed by atoms with Gasteiger partial charge in [-0.05, 0) is 6.07 Å². The second-order valence-corrected chi connectivity index (χ2v) is 2.75. The summed E-state index contributed by atoms with van der Waals surface area (Å²) in [6.45, 7) is 0. The van der Waals surface area contributed by atoms with Crippen molar-refractivity contribution in [2.75, 3.05) is 5.73 Å². The largest absolute Gasteiger partial charge is 0.478 e. The third-order valence-corrected chi connectivity index (χ3v) is 1.75. The van der Waals surface area contributed by atoms with Crippen molar-refractivity contribution in [2.24, 2.45) is 0 Å². The zero-order valence-corrected chi connectivity index (χ0v) is 7.61.